The minimum Gasteiger partial charge on any atom is -0.405 e. The summed E-state index contributed by atoms with van der Waals surface area (Å²) < 4.78 is 6.74. The van der Waals surface area contributed by atoms with Crippen LogP contribution in [0.15, 0.2) is 24.5 Å². The molecule has 0 saturated carbocycles. The molecule has 26 heavy (non-hydrogen) atoms. The first-order valence-electron chi connectivity index (χ1n) is 7.84. The molecule has 3 N–H and O–H groups in total. The van der Waals surface area contributed by atoms with E-state index in [4.69, 9.17) is 15.1 Å². The van der Waals surface area contributed by atoms with Crippen LogP contribution in [0.1, 0.15) is 37.6 Å². The molecular weight excluding hydrogens is 346 g/mol. The predicted octanol–water partition coefficient (Wildman–Crippen LogP) is 0.349. The van der Waals surface area contributed by atoms with Crippen LogP contribution >= 0.6 is 0 Å². The topological polar surface area (TPSA) is 129 Å². The maximum Gasteiger partial charge on any atom is 0.475 e. The zero-order chi connectivity index (χ0) is 20.2. The summed E-state index contributed by atoms with van der Waals surface area (Å²) in [7, 11) is 1.00. The third-order valence-electron chi connectivity index (χ3n) is 2.76. The molecule has 0 radical (unpaired) electrons. The maximum atomic E-state index is 11.9. The number of nitrogens with one attached hydrogen (secondary N) is 1. The van der Waals surface area contributed by atoms with E-state index in [-0.39, 0.29) is 37.2 Å². The van der Waals surface area contributed by atoms with E-state index < -0.39 is 5.09 Å². The Bertz CT molecular complexity index is 600. The average Bonchev–Trinajstić information content (AvgIpc) is 2.57. The second kappa shape index (κ2) is 11.7. The summed E-state index contributed by atoms with van der Waals surface area (Å²) in [6.07, 6.45) is 3.51. The van der Waals surface area contributed by atoms with Gasteiger partial charge >= 0.3 is 11.1 Å². The third-order valence-corrected chi connectivity index (χ3v) is 2.76. The van der Waals surface area contributed by atoms with Crippen LogP contribution in [-0.4, -0.2) is 47.5 Å². The van der Waals surface area contributed by atoms with Crippen LogP contribution in [0.5, 0.6) is 0 Å². The van der Waals surface area contributed by atoms with Gasteiger partial charge < -0.3 is 15.2 Å². The quantitative estimate of drug-likeness (QED) is 0.259. The lowest BCUT2D eigenvalue weighted by Gasteiger charge is -2.15. The summed E-state index contributed by atoms with van der Waals surface area (Å²) in [5.41, 5.74) is 0.201. The molecule has 0 aliphatic heterocycles. The van der Waals surface area contributed by atoms with Crippen molar-refractivity contribution in [2.75, 3.05) is 20.3 Å². The van der Waals surface area contributed by atoms with Gasteiger partial charge in [-0.2, -0.15) is 9.40 Å². The van der Waals surface area contributed by atoms with Crippen LogP contribution in [0.2, 0.25) is 0 Å². The number of amides is 1. The van der Waals surface area contributed by atoms with Gasteiger partial charge in [-0.1, -0.05) is 20.8 Å². The Morgan fingerprint density at radius 3 is 2.54 bits per heavy atom. The van der Waals surface area contributed by atoms with E-state index in [0.29, 0.717) is 12.0 Å². The molecule has 0 atom stereocenters. The first-order valence-corrected chi connectivity index (χ1v) is 7.84. The fourth-order valence-electron chi connectivity index (χ4n) is 1.76. The van der Waals surface area contributed by atoms with Crippen molar-refractivity contribution in [2.45, 2.75) is 33.9 Å². The highest BCUT2D eigenvalue weighted by molar-refractivity contribution is 5.93. The Morgan fingerprint density at radius 1 is 1.31 bits per heavy atom. The number of pyridine rings is 1. The number of hydrogen-bond donors (Lipinski definition) is 3. The number of carbonyl (C=O) groups is 2. The molecule has 10 nitrogen and oxygen atoms in total. The van der Waals surface area contributed by atoms with E-state index >= 15 is 0 Å². The van der Waals surface area contributed by atoms with Gasteiger partial charge in [0.1, 0.15) is 10.5 Å². The normalized spacial score (nSPS) is 10.2. The van der Waals surface area contributed by atoms with E-state index in [2.05, 4.69) is 10.2 Å². The van der Waals surface area contributed by atoms with Gasteiger partial charge in [-0.25, -0.2) is 5.21 Å². The van der Waals surface area contributed by atoms with Crippen molar-refractivity contribution >= 4 is 11.9 Å². The second-order valence-corrected chi connectivity index (χ2v) is 6.32. The molecule has 1 heterocycles. The van der Waals surface area contributed by atoms with Gasteiger partial charge in [0.05, 0.1) is 13.0 Å². The fraction of sp³-hybridized carbons (Fsp3) is 0.562. The van der Waals surface area contributed by atoms with Crippen molar-refractivity contribution in [2.24, 2.45) is 5.41 Å². The number of nitrogens with zero attached hydrogens (tertiary/aromatic N) is 2. The number of aliphatic hydroxyl groups is 1. The van der Waals surface area contributed by atoms with Gasteiger partial charge in [0, 0.05) is 13.2 Å². The highest BCUT2D eigenvalue weighted by atomic mass is 16.9. The molecule has 0 aliphatic carbocycles. The van der Waals surface area contributed by atoms with Crippen molar-refractivity contribution < 1.29 is 39.1 Å². The average molecular weight is 373 g/mol. The number of aromatic nitrogens is 1. The van der Waals surface area contributed by atoms with Crippen LogP contribution in [0.3, 0.4) is 0 Å². The first kappa shape index (κ1) is 23.2. The molecule has 146 valence electrons. The minimum absolute atomic E-state index is 0.00873. The molecule has 0 aromatic carbocycles. The predicted molar refractivity (Wildman–Crippen MR) is 88.6 cm³/mol. The molecule has 0 fully saturated rings. The Morgan fingerprint density at radius 2 is 1.96 bits per heavy atom. The lowest BCUT2D eigenvalue weighted by Crippen LogP contribution is -2.38. The number of rotatable bonds is 8. The summed E-state index contributed by atoms with van der Waals surface area (Å²) in [4.78, 5) is 37.9. The van der Waals surface area contributed by atoms with E-state index in [9.17, 15) is 14.5 Å². The Labute approximate surface area is 151 Å². The highest BCUT2D eigenvalue weighted by Crippen LogP contribution is 2.18. The van der Waals surface area contributed by atoms with Gasteiger partial charge in [0.25, 0.3) is 12.6 Å². The van der Waals surface area contributed by atoms with Crippen LogP contribution in [0.4, 0.5) is 0 Å². The number of aliphatic hydroxyl groups excluding tert-OH is 1. The minimum atomic E-state index is -0.672. The zero-order valence-electron chi connectivity index (χ0n) is 15.5. The van der Waals surface area contributed by atoms with Gasteiger partial charge in [0.2, 0.25) is 0 Å². The van der Waals surface area contributed by atoms with E-state index in [1.165, 1.54) is 6.20 Å². The van der Waals surface area contributed by atoms with Gasteiger partial charge in [-0.3, -0.25) is 9.59 Å². The largest absolute Gasteiger partial charge is 0.475 e. The Kier molecular flexibility index (Phi) is 10.5. The molecule has 1 rings (SSSR count). The number of carbonyl (C=O) groups excluding carboxylic acids is 2. The summed E-state index contributed by atoms with van der Waals surface area (Å²) in [5.74, 6) is -0.697. The van der Waals surface area contributed by atoms with Crippen LogP contribution in [-0.2, 0) is 21.1 Å². The lowest BCUT2D eigenvalue weighted by atomic mass is 9.93. The number of hydrogen-bond acceptors (Lipinski definition) is 6. The molecule has 10 heteroatoms. The summed E-state index contributed by atoms with van der Waals surface area (Å²) in [5, 5.41) is 17.1. The molecule has 1 aromatic rings. The van der Waals surface area contributed by atoms with E-state index in [1.54, 1.807) is 22.9 Å². The third kappa shape index (κ3) is 10.9. The van der Waals surface area contributed by atoms with E-state index in [0.717, 1.165) is 7.11 Å². The molecule has 0 bridgehead atoms. The van der Waals surface area contributed by atoms with Crippen molar-refractivity contribution in [1.82, 2.24) is 5.32 Å². The SMILES string of the molecule is CC(C)(C)CC(=O)OC[n+]1cccc(C(=O)NCCO[N+](=O)O)c1.CO. The number of esters is 1. The number of ether oxygens (including phenoxy) is 1. The highest BCUT2D eigenvalue weighted by Gasteiger charge is 2.18. The maximum absolute atomic E-state index is 11.9. The smallest absolute Gasteiger partial charge is 0.405 e. The summed E-state index contributed by atoms with van der Waals surface area (Å²) in [6, 6.07) is 3.24. The second-order valence-electron chi connectivity index (χ2n) is 6.32. The standard InChI is InChI=1S/C15H22N3O6.CH4O/c1-15(2,3)9-13(19)23-11-17-7-4-5-12(10-17)14(20)16-6-8-24-18(21)22;1-2/h4-5,7,10H,6,8-9,11H2,1-3H3,(H-,16,20,21,22);2H,1H3/q+1;/p+1. The van der Waals surface area contributed by atoms with Gasteiger partial charge in [-0.15, -0.1) is 0 Å². The van der Waals surface area contributed by atoms with Gasteiger partial charge in [0.15, 0.2) is 19.0 Å². The first-order chi connectivity index (χ1) is 12.2. The van der Waals surface area contributed by atoms with Crippen molar-refractivity contribution in [3.05, 3.63) is 35.0 Å². The summed E-state index contributed by atoms with van der Waals surface area (Å²) >= 11 is 0. The molecule has 1 aromatic heterocycles. The molecular formula is C16H27N3O7+2. The molecule has 0 spiro atoms. The lowest BCUT2D eigenvalue weighted by molar-refractivity contribution is -0.975. The van der Waals surface area contributed by atoms with Crippen molar-refractivity contribution in [3.8, 4) is 0 Å². The molecule has 0 aliphatic rings. The van der Waals surface area contributed by atoms with E-state index in [1.807, 2.05) is 20.8 Å². The molecule has 1 amide bonds. The zero-order valence-corrected chi connectivity index (χ0v) is 15.5. The van der Waals surface area contributed by atoms with Crippen molar-refractivity contribution in [3.63, 3.8) is 0 Å². The van der Waals surface area contributed by atoms with Crippen LogP contribution in [0, 0.1) is 10.3 Å². The molecule has 0 saturated heterocycles. The van der Waals surface area contributed by atoms with Crippen LogP contribution in [0.25, 0.3) is 0 Å². The van der Waals surface area contributed by atoms with Crippen LogP contribution < -0.4 is 9.88 Å². The van der Waals surface area contributed by atoms with Crippen molar-refractivity contribution in [1.29, 1.82) is 0 Å². The fourth-order valence-corrected chi connectivity index (χ4v) is 1.76. The Hall–Kier alpha value is -2.75. The van der Waals surface area contributed by atoms with Gasteiger partial charge in [-0.05, 0) is 11.5 Å². The summed E-state index contributed by atoms with van der Waals surface area (Å²) in [6.45, 7) is 5.72. The Balaban J connectivity index is 0.00000301. The monoisotopic (exact) mass is 373 g/mol. The molecule has 0 unspecified atom stereocenters.